The van der Waals surface area contributed by atoms with E-state index in [2.05, 4.69) is 5.10 Å². The predicted octanol–water partition coefficient (Wildman–Crippen LogP) is 3.54. The topological polar surface area (TPSA) is 77.2 Å². The van der Waals surface area contributed by atoms with Crippen LogP contribution in [0, 0.1) is 6.92 Å². The van der Waals surface area contributed by atoms with E-state index < -0.39 is 0 Å². The van der Waals surface area contributed by atoms with Crippen molar-refractivity contribution >= 4 is 17.3 Å². The lowest BCUT2D eigenvalue weighted by Crippen LogP contribution is -2.10. The molecule has 0 aliphatic heterocycles. The average Bonchev–Trinajstić information content (AvgIpc) is 3.25. The summed E-state index contributed by atoms with van der Waals surface area (Å²) in [4.78, 5) is 18.9. The van der Waals surface area contributed by atoms with Crippen molar-refractivity contribution < 1.29 is 14.6 Å². The van der Waals surface area contributed by atoms with Gasteiger partial charge < -0.3 is 9.84 Å². The number of esters is 1. The van der Waals surface area contributed by atoms with Gasteiger partial charge in [-0.1, -0.05) is 13.0 Å². The summed E-state index contributed by atoms with van der Waals surface area (Å²) >= 11 is 1.60. The minimum atomic E-state index is -0.372. The van der Waals surface area contributed by atoms with Crippen molar-refractivity contribution in [2.24, 2.45) is 0 Å². The van der Waals surface area contributed by atoms with Crippen LogP contribution in [0.2, 0.25) is 0 Å². The molecule has 0 aliphatic carbocycles. The van der Waals surface area contributed by atoms with Gasteiger partial charge >= 0.3 is 5.97 Å². The average molecular weight is 371 g/mol. The first-order valence-electron chi connectivity index (χ1n) is 8.51. The molecule has 0 saturated heterocycles. The van der Waals surface area contributed by atoms with E-state index in [0.717, 1.165) is 26.7 Å². The second kappa shape index (κ2) is 7.80. The molecule has 0 bridgehead atoms. The molecule has 136 valence electrons. The molecule has 3 aromatic rings. The molecule has 0 unspecified atom stereocenters. The van der Waals surface area contributed by atoms with E-state index in [-0.39, 0.29) is 12.6 Å². The number of ether oxygens (including phenoxy) is 1. The van der Waals surface area contributed by atoms with Crippen molar-refractivity contribution in [2.75, 3.05) is 6.61 Å². The molecule has 0 amide bonds. The highest BCUT2D eigenvalue weighted by molar-refractivity contribution is 7.15. The van der Waals surface area contributed by atoms with Crippen molar-refractivity contribution in [1.29, 1.82) is 0 Å². The van der Waals surface area contributed by atoms with E-state index in [1.807, 2.05) is 38.1 Å². The van der Waals surface area contributed by atoms with Crippen LogP contribution >= 0.6 is 11.3 Å². The summed E-state index contributed by atoms with van der Waals surface area (Å²) < 4.78 is 6.78. The summed E-state index contributed by atoms with van der Waals surface area (Å²) in [7, 11) is 0. The van der Waals surface area contributed by atoms with Gasteiger partial charge in [0, 0.05) is 4.88 Å². The number of aliphatic hydroxyl groups excluding tert-OH is 1. The van der Waals surface area contributed by atoms with Gasteiger partial charge in [0.2, 0.25) is 0 Å². The fourth-order valence-electron chi connectivity index (χ4n) is 2.86. The molecule has 0 atom stereocenters. The number of rotatable bonds is 6. The Balaban J connectivity index is 2.05. The zero-order valence-electron chi connectivity index (χ0n) is 15.0. The molecular weight excluding hydrogens is 350 g/mol. The Morgan fingerprint density at radius 2 is 2.15 bits per heavy atom. The van der Waals surface area contributed by atoms with Gasteiger partial charge in [0.15, 0.2) is 5.82 Å². The van der Waals surface area contributed by atoms with Crippen LogP contribution in [-0.2, 0) is 17.8 Å². The van der Waals surface area contributed by atoms with Crippen LogP contribution < -0.4 is 0 Å². The van der Waals surface area contributed by atoms with E-state index >= 15 is 0 Å². The SMILES string of the molecule is CCOC(=O)c1cnn(-c2cccc(-c3sc(C)cc3CO)n2)c1CC. The molecule has 3 heterocycles. The number of carbonyl (C=O) groups excluding carboxylic acids is 1. The fraction of sp³-hybridized carbons (Fsp3) is 0.316. The standard InChI is InChI=1S/C19H21N3O3S/c1-4-16-14(19(24)25-5-2)10-20-22(16)17-8-6-7-15(21-17)18-13(11-23)9-12(3)26-18/h6-10,23H,4-5,11H2,1-3H3. The van der Waals surface area contributed by atoms with Crippen molar-refractivity contribution in [3.05, 3.63) is 52.2 Å². The number of aromatic nitrogens is 3. The van der Waals surface area contributed by atoms with Crippen LogP contribution in [0.15, 0.2) is 30.5 Å². The van der Waals surface area contributed by atoms with Crippen LogP contribution in [0.25, 0.3) is 16.4 Å². The van der Waals surface area contributed by atoms with Crippen LogP contribution in [0.3, 0.4) is 0 Å². The van der Waals surface area contributed by atoms with Crippen molar-refractivity contribution in [1.82, 2.24) is 14.8 Å². The zero-order chi connectivity index (χ0) is 18.7. The second-order valence-electron chi connectivity index (χ2n) is 5.74. The maximum atomic E-state index is 12.1. The number of aryl methyl sites for hydroxylation is 1. The Hall–Kier alpha value is -2.51. The third-order valence-electron chi connectivity index (χ3n) is 3.99. The Labute approximate surface area is 156 Å². The number of thiophene rings is 1. The van der Waals surface area contributed by atoms with Gasteiger partial charge in [-0.15, -0.1) is 11.3 Å². The van der Waals surface area contributed by atoms with E-state index in [1.54, 1.807) is 22.9 Å². The molecule has 3 rings (SSSR count). The fourth-order valence-corrected chi connectivity index (χ4v) is 3.86. The van der Waals surface area contributed by atoms with Gasteiger partial charge in [-0.3, -0.25) is 0 Å². The lowest BCUT2D eigenvalue weighted by molar-refractivity contribution is 0.0525. The highest BCUT2D eigenvalue weighted by Crippen LogP contribution is 2.32. The van der Waals surface area contributed by atoms with Crippen LogP contribution in [0.1, 0.15) is 40.3 Å². The van der Waals surface area contributed by atoms with Gasteiger partial charge in [0.05, 0.1) is 35.7 Å². The molecule has 0 aliphatic rings. The summed E-state index contributed by atoms with van der Waals surface area (Å²) in [5, 5.41) is 13.9. The lowest BCUT2D eigenvalue weighted by atomic mass is 10.2. The normalized spacial score (nSPS) is 10.9. The first-order chi connectivity index (χ1) is 12.6. The summed E-state index contributed by atoms with van der Waals surface area (Å²) in [6.45, 7) is 6.04. The van der Waals surface area contributed by atoms with Crippen LogP contribution in [0.5, 0.6) is 0 Å². The number of hydrogen-bond donors (Lipinski definition) is 1. The van der Waals surface area contributed by atoms with Gasteiger partial charge in [0.1, 0.15) is 5.56 Å². The Morgan fingerprint density at radius 3 is 2.85 bits per heavy atom. The Kier molecular flexibility index (Phi) is 5.49. The van der Waals surface area contributed by atoms with Crippen molar-refractivity contribution in [2.45, 2.75) is 33.8 Å². The number of nitrogens with zero attached hydrogens (tertiary/aromatic N) is 3. The number of pyridine rings is 1. The summed E-state index contributed by atoms with van der Waals surface area (Å²) in [6.07, 6.45) is 2.15. The zero-order valence-corrected chi connectivity index (χ0v) is 15.8. The Bertz CT molecular complexity index is 930. The molecule has 0 fully saturated rings. The molecule has 0 aromatic carbocycles. The van der Waals surface area contributed by atoms with Gasteiger partial charge in [-0.05, 0) is 44.0 Å². The first kappa shape index (κ1) is 18.3. The van der Waals surface area contributed by atoms with E-state index in [1.165, 1.54) is 6.20 Å². The largest absolute Gasteiger partial charge is 0.462 e. The molecule has 26 heavy (non-hydrogen) atoms. The third-order valence-corrected chi connectivity index (χ3v) is 5.10. The third kappa shape index (κ3) is 3.40. The molecule has 0 spiro atoms. The van der Waals surface area contributed by atoms with Gasteiger partial charge in [0.25, 0.3) is 0 Å². The summed E-state index contributed by atoms with van der Waals surface area (Å²) in [5.74, 6) is 0.257. The minimum Gasteiger partial charge on any atom is -0.462 e. The van der Waals surface area contributed by atoms with Crippen LogP contribution in [-0.4, -0.2) is 32.4 Å². The van der Waals surface area contributed by atoms with Crippen LogP contribution in [0.4, 0.5) is 0 Å². The monoisotopic (exact) mass is 371 g/mol. The Morgan fingerprint density at radius 1 is 1.35 bits per heavy atom. The van der Waals surface area contributed by atoms with Gasteiger partial charge in [-0.25, -0.2) is 14.5 Å². The molecule has 0 saturated carbocycles. The molecule has 7 heteroatoms. The first-order valence-corrected chi connectivity index (χ1v) is 9.32. The lowest BCUT2D eigenvalue weighted by Gasteiger charge is -2.09. The molecule has 0 radical (unpaired) electrons. The predicted molar refractivity (Wildman–Crippen MR) is 101 cm³/mol. The molecule has 1 N–H and O–H groups in total. The number of aliphatic hydroxyl groups is 1. The molecule has 6 nitrogen and oxygen atoms in total. The summed E-state index contributed by atoms with van der Waals surface area (Å²) in [5.41, 5.74) is 2.86. The number of carbonyl (C=O) groups is 1. The van der Waals surface area contributed by atoms with E-state index in [4.69, 9.17) is 9.72 Å². The molecular formula is C19H21N3O3S. The molecule has 3 aromatic heterocycles. The number of hydrogen-bond acceptors (Lipinski definition) is 6. The van der Waals surface area contributed by atoms with Crippen molar-refractivity contribution in [3.8, 4) is 16.4 Å². The smallest absolute Gasteiger partial charge is 0.341 e. The maximum absolute atomic E-state index is 12.1. The van der Waals surface area contributed by atoms with E-state index in [0.29, 0.717) is 24.4 Å². The second-order valence-corrected chi connectivity index (χ2v) is 7.00. The minimum absolute atomic E-state index is 0.0272. The maximum Gasteiger partial charge on any atom is 0.341 e. The highest BCUT2D eigenvalue weighted by atomic mass is 32.1. The van der Waals surface area contributed by atoms with Crippen molar-refractivity contribution in [3.63, 3.8) is 0 Å². The summed E-state index contributed by atoms with van der Waals surface area (Å²) in [6, 6.07) is 7.64. The highest BCUT2D eigenvalue weighted by Gasteiger charge is 2.19. The van der Waals surface area contributed by atoms with E-state index in [9.17, 15) is 9.90 Å². The quantitative estimate of drug-likeness (QED) is 0.671. The van der Waals surface area contributed by atoms with Gasteiger partial charge in [-0.2, -0.15) is 5.10 Å².